The third-order valence-electron chi connectivity index (χ3n) is 4.09. The number of nitro groups is 1. The lowest BCUT2D eigenvalue weighted by atomic mass is 10.2. The van der Waals surface area contributed by atoms with Gasteiger partial charge in [-0.25, -0.2) is 4.98 Å². The number of benzene rings is 2. The molecule has 0 aliphatic rings. The number of nitro benzene ring substituents is 1. The van der Waals surface area contributed by atoms with Gasteiger partial charge in [-0.2, -0.15) is 9.78 Å². The number of para-hydroxylation sites is 1. The largest absolute Gasteiger partial charge is 0.349 e. The average molecular weight is 347 g/mol. The van der Waals surface area contributed by atoms with Gasteiger partial charge in [-0.15, -0.1) is 0 Å². The summed E-state index contributed by atoms with van der Waals surface area (Å²) >= 11 is 0. The van der Waals surface area contributed by atoms with Crippen molar-refractivity contribution in [3.8, 4) is 0 Å². The van der Waals surface area contributed by atoms with Gasteiger partial charge >= 0.3 is 0 Å². The number of aryl methyl sites for hydroxylation is 1. The van der Waals surface area contributed by atoms with Crippen molar-refractivity contribution in [3.05, 3.63) is 80.4 Å². The molecule has 4 rings (SSSR count). The van der Waals surface area contributed by atoms with Crippen LogP contribution in [-0.4, -0.2) is 25.8 Å². The molecule has 0 atom stereocenters. The third kappa shape index (κ3) is 2.53. The van der Waals surface area contributed by atoms with E-state index >= 15 is 0 Å². The second-order valence-electron chi connectivity index (χ2n) is 5.76. The molecule has 0 aliphatic heterocycles. The fourth-order valence-corrected chi connectivity index (χ4v) is 2.80. The summed E-state index contributed by atoms with van der Waals surface area (Å²) in [5.41, 5.74) is 2.17. The number of H-pyrrole nitrogens is 1. The number of non-ortho nitro benzene ring substituents is 1. The average Bonchev–Trinajstić information content (AvgIpc) is 3.01. The second kappa shape index (κ2) is 5.92. The molecule has 0 aliphatic carbocycles. The Balaban J connectivity index is 1.80. The molecule has 0 fully saturated rings. The van der Waals surface area contributed by atoms with Crippen LogP contribution in [0.3, 0.4) is 0 Å². The Hall–Kier alpha value is -3.81. The highest BCUT2D eigenvalue weighted by Crippen LogP contribution is 2.21. The van der Waals surface area contributed by atoms with Crippen molar-refractivity contribution in [2.75, 3.05) is 0 Å². The summed E-state index contributed by atoms with van der Waals surface area (Å²) in [6, 6.07) is 13.5. The minimum absolute atomic E-state index is 0.00309. The molecule has 0 radical (unpaired) electrons. The molecule has 0 bridgehead atoms. The van der Waals surface area contributed by atoms with E-state index in [0.29, 0.717) is 22.4 Å². The first-order valence-electron chi connectivity index (χ1n) is 7.83. The van der Waals surface area contributed by atoms with Gasteiger partial charge in [0.2, 0.25) is 0 Å². The van der Waals surface area contributed by atoms with Gasteiger partial charge in [0.15, 0.2) is 0 Å². The van der Waals surface area contributed by atoms with Crippen LogP contribution in [0.2, 0.25) is 0 Å². The number of aromatic nitrogens is 3. The van der Waals surface area contributed by atoms with Crippen molar-refractivity contribution >= 4 is 33.8 Å². The number of nitrogens with zero attached hydrogens (tertiary/aromatic N) is 4. The van der Waals surface area contributed by atoms with E-state index in [-0.39, 0.29) is 11.2 Å². The van der Waals surface area contributed by atoms with Crippen LogP contribution in [0.15, 0.2) is 58.4 Å². The lowest BCUT2D eigenvalue weighted by Gasteiger charge is -2.03. The molecule has 2 heterocycles. The maximum atomic E-state index is 12.8. The third-order valence-corrected chi connectivity index (χ3v) is 4.09. The van der Waals surface area contributed by atoms with Crippen LogP contribution in [0.1, 0.15) is 11.4 Å². The minimum atomic E-state index is -0.469. The molecule has 0 saturated heterocycles. The van der Waals surface area contributed by atoms with Crippen molar-refractivity contribution in [2.45, 2.75) is 6.92 Å². The second-order valence-corrected chi connectivity index (χ2v) is 5.76. The molecule has 4 aromatic rings. The molecule has 128 valence electrons. The molecule has 0 saturated carbocycles. The Kier molecular flexibility index (Phi) is 3.58. The first-order valence-corrected chi connectivity index (χ1v) is 7.83. The standard InChI is InChI=1S/C18H13N5O3/c1-11-20-16-14-4-2-3-5-15(14)21-17(16)18(24)22(11)19-10-12-6-8-13(9-7-12)23(25)26/h2-10,21H,1H3. The van der Waals surface area contributed by atoms with Crippen LogP contribution in [-0.2, 0) is 0 Å². The van der Waals surface area contributed by atoms with Crippen LogP contribution in [0.4, 0.5) is 5.69 Å². The van der Waals surface area contributed by atoms with Gasteiger partial charge in [-0.1, -0.05) is 18.2 Å². The molecule has 0 spiro atoms. The van der Waals surface area contributed by atoms with Crippen LogP contribution in [0.5, 0.6) is 0 Å². The topological polar surface area (TPSA) is 106 Å². The molecule has 1 N–H and O–H groups in total. The SMILES string of the molecule is Cc1nc2c([nH]c3ccccc32)c(=O)n1N=Cc1ccc([N+](=O)[O-])cc1. The van der Waals surface area contributed by atoms with Gasteiger partial charge in [0.05, 0.1) is 11.1 Å². The zero-order chi connectivity index (χ0) is 18.3. The molecule has 0 unspecified atom stereocenters. The monoisotopic (exact) mass is 347 g/mol. The van der Waals surface area contributed by atoms with Crippen LogP contribution in [0.25, 0.3) is 21.9 Å². The molecule has 2 aromatic carbocycles. The molecule has 2 aromatic heterocycles. The Bertz CT molecular complexity index is 1240. The number of nitrogens with one attached hydrogen (secondary N) is 1. The summed E-state index contributed by atoms with van der Waals surface area (Å²) in [7, 11) is 0. The summed E-state index contributed by atoms with van der Waals surface area (Å²) in [5.74, 6) is 0.449. The Morgan fingerprint density at radius 2 is 1.92 bits per heavy atom. The van der Waals surface area contributed by atoms with Gasteiger partial charge < -0.3 is 4.98 Å². The molecule has 8 nitrogen and oxygen atoms in total. The van der Waals surface area contributed by atoms with E-state index in [1.807, 2.05) is 24.3 Å². The zero-order valence-corrected chi connectivity index (χ0v) is 13.7. The van der Waals surface area contributed by atoms with Crippen molar-refractivity contribution in [3.63, 3.8) is 0 Å². The van der Waals surface area contributed by atoms with Gasteiger partial charge in [-0.3, -0.25) is 14.9 Å². The van der Waals surface area contributed by atoms with Gasteiger partial charge in [0.25, 0.3) is 11.2 Å². The predicted molar refractivity (Wildman–Crippen MR) is 98.7 cm³/mol. The highest BCUT2D eigenvalue weighted by molar-refractivity contribution is 6.04. The highest BCUT2D eigenvalue weighted by Gasteiger charge is 2.12. The molecule has 26 heavy (non-hydrogen) atoms. The number of hydrogen-bond donors (Lipinski definition) is 1. The number of aromatic amines is 1. The number of fused-ring (bicyclic) bond motifs is 3. The summed E-state index contributed by atoms with van der Waals surface area (Å²) in [6.07, 6.45) is 1.47. The summed E-state index contributed by atoms with van der Waals surface area (Å²) in [4.78, 5) is 30.6. The van der Waals surface area contributed by atoms with E-state index in [1.54, 1.807) is 19.1 Å². The van der Waals surface area contributed by atoms with Gasteiger partial charge in [-0.05, 0) is 30.7 Å². The first-order chi connectivity index (χ1) is 12.5. The maximum Gasteiger partial charge on any atom is 0.298 e. The first kappa shape index (κ1) is 15.7. The molecular formula is C18H13N5O3. The van der Waals surface area contributed by atoms with Crippen LogP contribution >= 0.6 is 0 Å². The molecular weight excluding hydrogens is 334 g/mol. The quantitative estimate of drug-likeness (QED) is 0.349. The van der Waals surface area contributed by atoms with Crippen molar-refractivity contribution in [1.29, 1.82) is 0 Å². The van der Waals surface area contributed by atoms with Crippen molar-refractivity contribution < 1.29 is 4.92 Å². The van der Waals surface area contributed by atoms with E-state index in [0.717, 1.165) is 10.9 Å². The van der Waals surface area contributed by atoms with Crippen LogP contribution < -0.4 is 5.56 Å². The van der Waals surface area contributed by atoms with E-state index in [2.05, 4.69) is 15.1 Å². The molecule has 8 heteroatoms. The van der Waals surface area contributed by atoms with E-state index < -0.39 is 4.92 Å². The maximum absolute atomic E-state index is 12.8. The van der Waals surface area contributed by atoms with Crippen molar-refractivity contribution in [2.24, 2.45) is 5.10 Å². The minimum Gasteiger partial charge on any atom is -0.349 e. The summed E-state index contributed by atoms with van der Waals surface area (Å²) < 4.78 is 1.21. The van der Waals surface area contributed by atoms with E-state index in [9.17, 15) is 14.9 Å². The smallest absolute Gasteiger partial charge is 0.298 e. The fraction of sp³-hybridized carbons (Fsp3) is 0.0556. The van der Waals surface area contributed by atoms with Gasteiger partial charge in [0.1, 0.15) is 16.9 Å². The Morgan fingerprint density at radius 3 is 2.65 bits per heavy atom. The van der Waals surface area contributed by atoms with Gasteiger partial charge in [0, 0.05) is 23.0 Å². The van der Waals surface area contributed by atoms with E-state index in [1.165, 1.54) is 23.0 Å². The summed E-state index contributed by atoms with van der Waals surface area (Å²) in [6.45, 7) is 1.70. The summed E-state index contributed by atoms with van der Waals surface area (Å²) in [5, 5.41) is 15.8. The predicted octanol–water partition coefficient (Wildman–Crippen LogP) is 2.98. The van der Waals surface area contributed by atoms with Crippen molar-refractivity contribution in [1.82, 2.24) is 14.6 Å². The Labute approximate surface area is 146 Å². The lowest BCUT2D eigenvalue weighted by Crippen LogP contribution is -2.20. The Morgan fingerprint density at radius 1 is 1.19 bits per heavy atom. The molecule has 0 amide bonds. The van der Waals surface area contributed by atoms with Crippen LogP contribution in [0, 0.1) is 17.0 Å². The zero-order valence-electron chi connectivity index (χ0n) is 13.7. The fourth-order valence-electron chi connectivity index (χ4n) is 2.80. The van der Waals surface area contributed by atoms with E-state index in [4.69, 9.17) is 0 Å². The normalized spacial score (nSPS) is 11.6. The highest BCUT2D eigenvalue weighted by atomic mass is 16.6. The number of rotatable bonds is 3. The lowest BCUT2D eigenvalue weighted by molar-refractivity contribution is -0.384. The number of hydrogen-bond acceptors (Lipinski definition) is 5.